The SMILES string of the molecule is CC(C)(CO)C1CCC(O)CC1. The third-order valence-corrected chi connectivity index (χ3v) is 3.21. The summed E-state index contributed by atoms with van der Waals surface area (Å²) in [6.07, 6.45) is 3.86. The van der Waals surface area contributed by atoms with Crippen LogP contribution in [0.15, 0.2) is 0 Å². The van der Waals surface area contributed by atoms with E-state index in [1.54, 1.807) is 0 Å². The number of hydrogen-bond donors (Lipinski definition) is 2. The third-order valence-electron chi connectivity index (χ3n) is 3.21. The average molecular weight is 172 g/mol. The van der Waals surface area contributed by atoms with Crippen LogP contribution in [0.1, 0.15) is 39.5 Å². The highest BCUT2D eigenvalue weighted by atomic mass is 16.3. The highest BCUT2D eigenvalue weighted by Crippen LogP contribution is 2.37. The fourth-order valence-corrected chi connectivity index (χ4v) is 1.99. The van der Waals surface area contributed by atoms with Crippen molar-refractivity contribution in [3.8, 4) is 0 Å². The van der Waals surface area contributed by atoms with E-state index in [0.29, 0.717) is 5.92 Å². The summed E-state index contributed by atoms with van der Waals surface area (Å²) < 4.78 is 0. The summed E-state index contributed by atoms with van der Waals surface area (Å²) in [5.74, 6) is 0.589. The van der Waals surface area contributed by atoms with Gasteiger partial charge in [0.15, 0.2) is 0 Å². The molecule has 0 amide bonds. The van der Waals surface area contributed by atoms with Crippen LogP contribution in [0.4, 0.5) is 0 Å². The molecule has 0 saturated heterocycles. The van der Waals surface area contributed by atoms with E-state index in [-0.39, 0.29) is 18.1 Å². The van der Waals surface area contributed by atoms with Crippen molar-refractivity contribution in [2.24, 2.45) is 11.3 Å². The van der Waals surface area contributed by atoms with Crippen molar-refractivity contribution in [2.75, 3.05) is 6.61 Å². The van der Waals surface area contributed by atoms with Gasteiger partial charge in [-0.25, -0.2) is 0 Å². The van der Waals surface area contributed by atoms with Crippen molar-refractivity contribution in [3.05, 3.63) is 0 Å². The summed E-state index contributed by atoms with van der Waals surface area (Å²) in [5, 5.41) is 18.5. The van der Waals surface area contributed by atoms with Crippen LogP contribution < -0.4 is 0 Å². The first-order valence-electron chi connectivity index (χ1n) is 4.85. The Bertz CT molecular complexity index is 135. The van der Waals surface area contributed by atoms with Gasteiger partial charge in [0, 0.05) is 6.61 Å². The summed E-state index contributed by atoms with van der Waals surface area (Å²) in [4.78, 5) is 0. The van der Waals surface area contributed by atoms with Gasteiger partial charge in [-0.15, -0.1) is 0 Å². The normalized spacial score (nSPS) is 32.0. The minimum Gasteiger partial charge on any atom is -0.396 e. The molecule has 1 saturated carbocycles. The third kappa shape index (κ3) is 2.20. The van der Waals surface area contributed by atoms with Crippen LogP contribution in [0.5, 0.6) is 0 Å². The first-order chi connectivity index (χ1) is 5.56. The molecule has 2 heteroatoms. The lowest BCUT2D eigenvalue weighted by atomic mass is 9.71. The van der Waals surface area contributed by atoms with Crippen LogP contribution in [0.25, 0.3) is 0 Å². The first kappa shape index (κ1) is 10.0. The topological polar surface area (TPSA) is 40.5 Å². The molecular formula is C10H20O2. The molecule has 0 heterocycles. The summed E-state index contributed by atoms with van der Waals surface area (Å²) in [7, 11) is 0. The standard InChI is InChI=1S/C10H20O2/c1-10(2,7-11)8-3-5-9(12)6-4-8/h8-9,11-12H,3-7H2,1-2H3. The smallest absolute Gasteiger partial charge is 0.0540 e. The molecule has 72 valence electrons. The maximum absolute atomic E-state index is 9.30. The van der Waals surface area contributed by atoms with Crippen molar-refractivity contribution in [1.29, 1.82) is 0 Å². The minimum absolute atomic E-state index is 0.0418. The fourth-order valence-electron chi connectivity index (χ4n) is 1.99. The Kier molecular flexibility index (Phi) is 3.13. The molecule has 1 aliphatic carbocycles. The Morgan fingerprint density at radius 2 is 1.67 bits per heavy atom. The Morgan fingerprint density at radius 1 is 1.17 bits per heavy atom. The Morgan fingerprint density at radius 3 is 2.08 bits per heavy atom. The molecule has 12 heavy (non-hydrogen) atoms. The highest BCUT2D eigenvalue weighted by Gasteiger charge is 2.31. The minimum atomic E-state index is -0.0873. The molecular weight excluding hydrogens is 152 g/mol. The van der Waals surface area contributed by atoms with Crippen LogP contribution in [-0.2, 0) is 0 Å². The number of aliphatic hydroxyl groups is 2. The van der Waals surface area contributed by atoms with Crippen molar-refractivity contribution in [3.63, 3.8) is 0 Å². The number of rotatable bonds is 2. The highest BCUT2D eigenvalue weighted by molar-refractivity contribution is 4.82. The Balaban J connectivity index is 2.44. The molecule has 2 nitrogen and oxygen atoms in total. The monoisotopic (exact) mass is 172 g/mol. The zero-order chi connectivity index (χ0) is 9.19. The molecule has 0 aromatic carbocycles. The van der Waals surface area contributed by atoms with E-state index in [1.165, 1.54) is 0 Å². The second-order valence-corrected chi connectivity index (χ2v) is 4.65. The van der Waals surface area contributed by atoms with E-state index >= 15 is 0 Å². The van der Waals surface area contributed by atoms with E-state index in [0.717, 1.165) is 25.7 Å². The van der Waals surface area contributed by atoms with Gasteiger partial charge in [-0.05, 0) is 37.0 Å². The Hall–Kier alpha value is -0.0800. The fraction of sp³-hybridized carbons (Fsp3) is 1.00. The van der Waals surface area contributed by atoms with Crippen LogP contribution in [-0.4, -0.2) is 22.9 Å². The average Bonchev–Trinajstić information content (AvgIpc) is 2.05. The molecule has 0 spiro atoms. The summed E-state index contributed by atoms with van der Waals surface area (Å²) in [6.45, 7) is 4.47. The zero-order valence-electron chi connectivity index (χ0n) is 8.08. The zero-order valence-corrected chi connectivity index (χ0v) is 8.08. The molecule has 0 bridgehead atoms. The lowest BCUT2D eigenvalue weighted by molar-refractivity contribution is 0.0333. The molecule has 2 N–H and O–H groups in total. The van der Waals surface area contributed by atoms with E-state index in [2.05, 4.69) is 13.8 Å². The number of hydrogen-bond acceptors (Lipinski definition) is 2. The molecule has 0 aromatic heterocycles. The van der Waals surface area contributed by atoms with Gasteiger partial charge in [0.25, 0.3) is 0 Å². The van der Waals surface area contributed by atoms with Crippen LogP contribution in [0, 0.1) is 11.3 Å². The number of aliphatic hydroxyl groups excluding tert-OH is 2. The molecule has 0 unspecified atom stereocenters. The van der Waals surface area contributed by atoms with Crippen molar-refractivity contribution in [2.45, 2.75) is 45.6 Å². The summed E-state index contributed by atoms with van der Waals surface area (Å²) in [6, 6.07) is 0. The molecule has 0 atom stereocenters. The van der Waals surface area contributed by atoms with Crippen LogP contribution >= 0.6 is 0 Å². The Labute approximate surface area is 74.6 Å². The van der Waals surface area contributed by atoms with Crippen molar-refractivity contribution >= 4 is 0 Å². The van der Waals surface area contributed by atoms with E-state index in [1.807, 2.05) is 0 Å². The van der Waals surface area contributed by atoms with Crippen LogP contribution in [0.3, 0.4) is 0 Å². The maximum atomic E-state index is 9.30. The van der Waals surface area contributed by atoms with Crippen LogP contribution in [0.2, 0.25) is 0 Å². The van der Waals surface area contributed by atoms with Crippen molar-refractivity contribution < 1.29 is 10.2 Å². The first-order valence-corrected chi connectivity index (χ1v) is 4.85. The molecule has 1 rings (SSSR count). The lowest BCUT2D eigenvalue weighted by Crippen LogP contribution is -2.32. The molecule has 0 aliphatic heterocycles. The second kappa shape index (κ2) is 3.75. The summed E-state index contributed by atoms with van der Waals surface area (Å²) in [5.41, 5.74) is 0.0418. The van der Waals surface area contributed by atoms with Gasteiger partial charge in [-0.3, -0.25) is 0 Å². The van der Waals surface area contributed by atoms with Gasteiger partial charge in [0.05, 0.1) is 6.10 Å². The lowest BCUT2D eigenvalue weighted by Gasteiger charge is -2.36. The van der Waals surface area contributed by atoms with Gasteiger partial charge in [0.1, 0.15) is 0 Å². The van der Waals surface area contributed by atoms with Gasteiger partial charge in [-0.2, -0.15) is 0 Å². The van der Waals surface area contributed by atoms with E-state index < -0.39 is 0 Å². The van der Waals surface area contributed by atoms with Crippen molar-refractivity contribution in [1.82, 2.24) is 0 Å². The predicted octanol–water partition coefficient (Wildman–Crippen LogP) is 1.56. The molecule has 0 aromatic rings. The quantitative estimate of drug-likeness (QED) is 0.663. The molecule has 1 aliphatic rings. The van der Waals surface area contributed by atoms with Gasteiger partial charge in [-0.1, -0.05) is 13.8 Å². The van der Waals surface area contributed by atoms with E-state index in [9.17, 15) is 5.11 Å². The summed E-state index contributed by atoms with van der Waals surface area (Å²) >= 11 is 0. The molecule has 0 radical (unpaired) electrons. The largest absolute Gasteiger partial charge is 0.396 e. The second-order valence-electron chi connectivity index (χ2n) is 4.65. The molecule has 1 fully saturated rings. The maximum Gasteiger partial charge on any atom is 0.0540 e. The van der Waals surface area contributed by atoms with Gasteiger partial charge >= 0.3 is 0 Å². The van der Waals surface area contributed by atoms with Gasteiger partial charge in [0.2, 0.25) is 0 Å². The van der Waals surface area contributed by atoms with E-state index in [4.69, 9.17) is 5.11 Å². The van der Waals surface area contributed by atoms with Gasteiger partial charge < -0.3 is 10.2 Å². The predicted molar refractivity (Wildman–Crippen MR) is 48.8 cm³/mol.